The predicted octanol–water partition coefficient (Wildman–Crippen LogP) is 1.29. The minimum absolute atomic E-state index is 0.187. The van der Waals surface area contributed by atoms with Gasteiger partial charge in [-0.1, -0.05) is 0 Å². The Bertz CT molecular complexity index is 358. The number of rotatable bonds is 5. The number of carbonyl (C=O) groups is 1. The van der Waals surface area contributed by atoms with Gasteiger partial charge in [-0.15, -0.1) is 0 Å². The molecular formula is C11H12O4. The van der Waals surface area contributed by atoms with Crippen molar-refractivity contribution in [2.75, 3.05) is 20.3 Å². The molecule has 1 atom stereocenters. The van der Waals surface area contributed by atoms with E-state index in [0.29, 0.717) is 23.7 Å². The molecule has 0 amide bonds. The maximum absolute atomic E-state index is 10.8. The van der Waals surface area contributed by atoms with Crippen LogP contribution in [0, 0.1) is 0 Å². The summed E-state index contributed by atoms with van der Waals surface area (Å²) >= 11 is 0. The monoisotopic (exact) mass is 208 g/mol. The SMILES string of the molecule is COc1ccc(OC[C@H]2CO2)c(C=O)c1. The van der Waals surface area contributed by atoms with Gasteiger partial charge in [-0.05, 0) is 18.2 Å². The molecule has 1 aromatic rings. The van der Waals surface area contributed by atoms with Crippen LogP contribution in [-0.2, 0) is 4.74 Å². The van der Waals surface area contributed by atoms with Crippen LogP contribution in [0.25, 0.3) is 0 Å². The molecule has 0 aliphatic carbocycles. The molecule has 1 saturated heterocycles. The number of ether oxygens (including phenoxy) is 3. The van der Waals surface area contributed by atoms with Crippen LogP contribution in [0.3, 0.4) is 0 Å². The normalized spacial score (nSPS) is 18.3. The van der Waals surface area contributed by atoms with Crippen LogP contribution in [-0.4, -0.2) is 32.7 Å². The Balaban J connectivity index is 2.09. The van der Waals surface area contributed by atoms with Gasteiger partial charge < -0.3 is 14.2 Å². The van der Waals surface area contributed by atoms with Gasteiger partial charge in [0.2, 0.25) is 0 Å². The zero-order valence-corrected chi connectivity index (χ0v) is 8.43. The second-order valence-corrected chi connectivity index (χ2v) is 3.29. The molecule has 80 valence electrons. The van der Waals surface area contributed by atoms with Crippen molar-refractivity contribution < 1.29 is 19.0 Å². The van der Waals surface area contributed by atoms with E-state index in [1.165, 1.54) is 0 Å². The minimum Gasteiger partial charge on any atom is -0.497 e. The molecule has 0 N–H and O–H groups in total. The standard InChI is InChI=1S/C11H12O4/c1-13-9-2-3-11(8(4-9)5-12)15-7-10-6-14-10/h2-5,10H,6-7H2,1H3/t10-/m1/s1. The van der Waals surface area contributed by atoms with Gasteiger partial charge in [0.05, 0.1) is 19.3 Å². The second kappa shape index (κ2) is 4.31. The Morgan fingerprint density at radius 3 is 3.00 bits per heavy atom. The lowest BCUT2D eigenvalue weighted by molar-refractivity contribution is 0.111. The fraction of sp³-hybridized carbons (Fsp3) is 0.364. The molecular weight excluding hydrogens is 196 g/mol. The molecule has 4 nitrogen and oxygen atoms in total. The number of hydrogen-bond donors (Lipinski definition) is 0. The predicted molar refractivity (Wildman–Crippen MR) is 53.6 cm³/mol. The van der Waals surface area contributed by atoms with Crippen molar-refractivity contribution >= 4 is 6.29 Å². The van der Waals surface area contributed by atoms with Gasteiger partial charge in [0.1, 0.15) is 24.2 Å². The van der Waals surface area contributed by atoms with Gasteiger partial charge in [-0.2, -0.15) is 0 Å². The number of benzene rings is 1. The number of methoxy groups -OCH3 is 1. The molecule has 0 bridgehead atoms. The molecule has 0 radical (unpaired) electrons. The van der Waals surface area contributed by atoms with E-state index in [9.17, 15) is 4.79 Å². The lowest BCUT2D eigenvalue weighted by Gasteiger charge is -2.08. The van der Waals surface area contributed by atoms with Crippen LogP contribution in [0.2, 0.25) is 0 Å². The topological polar surface area (TPSA) is 48.1 Å². The summed E-state index contributed by atoms with van der Waals surface area (Å²) < 4.78 is 15.5. The first-order chi connectivity index (χ1) is 7.33. The van der Waals surface area contributed by atoms with Crippen molar-refractivity contribution in [3.8, 4) is 11.5 Å². The van der Waals surface area contributed by atoms with Crippen molar-refractivity contribution in [2.24, 2.45) is 0 Å². The molecule has 0 aromatic heterocycles. The summed E-state index contributed by atoms with van der Waals surface area (Å²) in [6.45, 7) is 1.24. The molecule has 0 saturated carbocycles. The number of aldehydes is 1. The van der Waals surface area contributed by atoms with E-state index in [2.05, 4.69) is 0 Å². The second-order valence-electron chi connectivity index (χ2n) is 3.29. The third kappa shape index (κ3) is 2.47. The molecule has 1 aromatic carbocycles. The highest BCUT2D eigenvalue weighted by atomic mass is 16.6. The first-order valence-electron chi connectivity index (χ1n) is 4.71. The third-order valence-corrected chi connectivity index (χ3v) is 2.17. The summed E-state index contributed by atoms with van der Waals surface area (Å²) in [5.74, 6) is 1.22. The van der Waals surface area contributed by atoms with E-state index >= 15 is 0 Å². The first kappa shape index (κ1) is 9.98. The maximum atomic E-state index is 10.8. The largest absolute Gasteiger partial charge is 0.497 e. The van der Waals surface area contributed by atoms with Gasteiger partial charge in [-0.3, -0.25) is 4.79 Å². The van der Waals surface area contributed by atoms with Crippen LogP contribution in [0.15, 0.2) is 18.2 Å². The van der Waals surface area contributed by atoms with Gasteiger partial charge >= 0.3 is 0 Å². The highest BCUT2D eigenvalue weighted by Crippen LogP contribution is 2.23. The lowest BCUT2D eigenvalue weighted by atomic mass is 10.2. The zero-order valence-electron chi connectivity index (χ0n) is 8.43. The van der Waals surface area contributed by atoms with Crippen LogP contribution < -0.4 is 9.47 Å². The van der Waals surface area contributed by atoms with E-state index in [1.807, 2.05) is 0 Å². The van der Waals surface area contributed by atoms with Crippen LogP contribution >= 0.6 is 0 Å². The fourth-order valence-corrected chi connectivity index (χ4v) is 1.22. The molecule has 1 fully saturated rings. The van der Waals surface area contributed by atoms with Gasteiger partial charge in [0.25, 0.3) is 0 Å². The Kier molecular flexibility index (Phi) is 2.87. The van der Waals surface area contributed by atoms with Crippen molar-refractivity contribution in [2.45, 2.75) is 6.10 Å². The summed E-state index contributed by atoms with van der Waals surface area (Å²) in [5.41, 5.74) is 0.495. The number of epoxide rings is 1. The van der Waals surface area contributed by atoms with Crippen LogP contribution in [0.5, 0.6) is 11.5 Å². The number of hydrogen-bond acceptors (Lipinski definition) is 4. The van der Waals surface area contributed by atoms with E-state index < -0.39 is 0 Å². The maximum Gasteiger partial charge on any atom is 0.153 e. The summed E-state index contributed by atoms with van der Waals surface area (Å²) in [6.07, 6.45) is 0.942. The highest BCUT2D eigenvalue weighted by molar-refractivity contribution is 5.80. The van der Waals surface area contributed by atoms with E-state index in [1.54, 1.807) is 25.3 Å². The van der Waals surface area contributed by atoms with Crippen molar-refractivity contribution in [1.29, 1.82) is 0 Å². The minimum atomic E-state index is 0.187. The molecule has 2 rings (SSSR count). The van der Waals surface area contributed by atoms with Gasteiger partial charge in [0, 0.05) is 0 Å². The lowest BCUT2D eigenvalue weighted by Crippen LogP contribution is -2.05. The Labute approximate surface area is 87.8 Å². The summed E-state index contributed by atoms with van der Waals surface area (Å²) in [6, 6.07) is 5.14. The molecule has 1 aliphatic rings. The summed E-state index contributed by atoms with van der Waals surface area (Å²) in [5, 5.41) is 0. The van der Waals surface area contributed by atoms with Crippen molar-refractivity contribution in [1.82, 2.24) is 0 Å². The third-order valence-electron chi connectivity index (χ3n) is 2.17. The smallest absolute Gasteiger partial charge is 0.153 e. The number of carbonyl (C=O) groups excluding carboxylic acids is 1. The Morgan fingerprint density at radius 2 is 2.40 bits per heavy atom. The highest BCUT2D eigenvalue weighted by Gasteiger charge is 2.23. The van der Waals surface area contributed by atoms with E-state index in [4.69, 9.17) is 14.2 Å². The molecule has 15 heavy (non-hydrogen) atoms. The Morgan fingerprint density at radius 1 is 1.60 bits per heavy atom. The summed E-state index contributed by atoms with van der Waals surface area (Å²) in [4.78, 5) is 10.8. The molecule has 1 aliphatic heterocycles. The molecule has 0 unspecified atom stereocenters. The van der Waals surface area contributed by atoms with Crippen molar-refractivity contribution in [3.63, 3.8) is 0 Å². The van der Waals surface area contributed by atoms with Crippen LogP contribution in [0.4, 0.5) is 0 Å². The van der Waals surface area contributed by atoms with E-state index in [0.717, 1.165) is 12.9 Å². The Hall–Kier alpha value is -1.55. The molecule has 1 heterocycles. The molecule has 4 heteroatoms. The average Bonchev–Trinajstić information content (AvgIpc) is 3.10. The fourth-order valence-electron chi connectivity index (χ4n) is 1.22. The van der Waals surface area contributed by atoms with Gasteiger partial charge in [-0.25, -0.2) is 0 Å². The van der Waals surface area contributed by atoms with Gasteiger partial charge in [0.15, 0.2) is 6.29 Å². The van der Waals surface area contributed by atoms with E-state index in [-0.39, 0.29) is 6.10 Å². The summed E-state index contributed by atoms with van der Waals surface area (Å²) in [7, 11) is 1.56. The zero-order chi connectivity index (χ0) is 10.7. The molecule has 0 spiro atoms. The quantitative estimate of drug-likeness (QED) is 0.540. The van der Waals surface area contributed by atoms with Crippen LogP contribution in [0.1, 0.15) is 10.4 Å². The average molecular weight is 208 g/mol. The van der Waals surface area contributed by atoms with Crippen molar-refractivity contribution in [3.05, 3.63) is 23.8 Å². The first-order valence-corrected chi connectivity index (χ1v) is 4.71.